The summed E-state index contributed by atoms with van der Waals surface area (Å²) in [4.78, 5) is 5.18. The van der Waals surface area contributed by atoms with Gasteiger partial charge >= 0.3 is 0 Å². The zero-order chi connectivity index (χ0) is 14.5. The molecule has 3 nitrogen and oxygen atoms in total. The van der Waals surface area contributed by atoms with Crippen LogP contribution < -0.4 is 5.73 Å². The maximum atomic E-state index is 5.48. The van der Waals surface area contributed by atoms with Crippen LogP contribution in [0, 0.1) is 17.8 Å². The Bertz CT molecular complexity index is 517. The summed E-state index contributed by atoms with van der Waals surface area (Å²) < 4.78 is 0. The summed E-state index contributed by atoms with van der Waals surface area (Å²) >= 11 is 0. The van der Waals surface area contributed by atoms with E-state index in [1.165, 1.54) is 51.1 Å². The highest BCUT2D eigenvalue weighted by Crippen LogP contribution is 2.30. The Morgan fingerprint density at radius 1 is 1.05 bits per heavy atom. The van der Waals surface area contributed by atoms with E-state index in [9.17, 15) is 0 Å². The fourth-order valence-corrected chi connectivity index (χ4v) is 2.96. The van der Waals surface area contributed by atoms with Gasteiger partial charge in [-0.2, -0.15) is 0 Å². The number of hydrogen-bond acceptors (Lipinski definition) is 3. The molecule has 1 saturated carbocycles. The molecule has 0 unspecified atom stereocenters. The van der Waals surface area contributed by atoms with E-state index in [-0.39, 0.29) is 0 Å². The lowest BCUT2D eigenvalue weighted by Gasteiger charge is -2.35. The second kappa shape index (κ2) is 7.09. The zero-order valence-corrected chi connectivity index (χ0v) is 12.7. The molecule has 3 heteroatoms. The number of benzene rings is 1. The zero-order valence-electron chi connectivity index (χ0n) is 12.7. The van der Waals surface area contributed by atoms with Crippen molar-refractivity contribution in [1.29, 1.82) is 0 Å². The smallest absolute Gasteiger partial charge is 0.0555 e. The topological polar surface area (TPSA) is 32.5 Å². The summed E-state index contributed by atoms with van der Waals surface area (Å²) in [5, 5.41) is 0. The van der Waals surface area contributed by atoms with Crippen LogP contribution in [0.2, 0.25) is 0 Å². The molecule has 1 aromatic carbocycles. The van der Waals surface area contributed by atoms with E-state index >= 15 is 0 Å². The summed E-state index contributed by atoms with van der Waals surface area (Å²) in [6.45, 7) is 7.53. The van der Waals surface area contributed by atoms with E-state index in [1.807, 2.05) is 0 Å². The van der Waals surface area contributed by atoms with E-state index in [0.29, 0.717) is 6.54 Å². The Labute approximate surface area is 128 Å². The van der Waals surface area contributed by atoms with Crippen molar-refractivity contribution in [2.75, 3.05) is 39.3 Å². The van der Waals surface area contributed by atoms with Gasteiger partial charge in [0, 0.05) is 44.8 Å². The van der Waals surface area contributed by atoms with Crippen molar-refractivity contribution >= 4 is 0 Å². The van der Waals surface area contributed by atoms with Gasteiger partial charge < -0.3 is 10.6 Å². The van der Waals surface area contributed by atoms with Gasteiger partial charge in [0.2, 0.25) is 0 Å². The molecule has 0 amide bonds. The van der Waals surface area contributed by atoms with Gasteiger partial charge in [0.15, 0.2) is 0 Å². The van der Waals surface area contributed by atoms with Crippen LogP contribution in [0.25, 0.3) is 0 Å². The predicted octanol–water partition coefficient (Wildman–Crippen LogP) is 1.52. The molecule has 3 rings (SSSR count). The Hall–Kier alpha value is -1.34. The van der Waals surface area contributed by atoms with Crippen molar-refractivity contribution in [1.82, 2.24) is 9.80 Å². The van der Waals surface area contributed by atoms with Crippen molar-refractivity contribution in [2.24, 2.45) is 11.7 Å². The summed E-state index contributed by atoms with van der Waals surface area (Å²) in [5.41, 5.74) is 7.94. The minimum Gasteiger partial charge on any atom is -0.320 e. The summed E-state index contributed by atoms with van der Waals surface area (Å²) in [6.07, 6.45) is 2.90. The van der Waals surface area contributed by atoms with Gasteiger partial charge in [-0.3, -0.25) is 4.90 Å². The highest BCUT2D eigenvalue weighted by Gasteiger charge is 2.26. The van der Waals surface area contributed by atoms with Gasteiger partial charge in [-0.15, -0.1) is 0 Å². The SMILES string of the molecule is NCC#Cc1ccccc1CN1CCN(CC2CC2)CC1. The number of rotatable bonds is 4. The van der Waals surface area contributed by atoms with Crippen molar-refractivity contribution in [3.63, 3.8) is 0 Å². The van der Waals surface area contributed by atoms with Crippen LogP contribution in [0.15, 0.2) is 24.3 Å². The third kappa shape index (κ3) is 4.31. The van der Waals surface area contributed by atoms with Gasteiger partial charge in [-0.1, -0.05) is 30.0 Å². The number of hydrogen-bond donors (Lipinski definition) is 1. The molecular formula is C18H25N3. The summed E-state index contributed by atoms with van der Waals surface area (Å²) in [6, 6.07) is 8.45. The third-order valence-electron chi connectivity index (χ3n) is 4.41. The largest absolute Gasteiger partial charge is 0.320 e. The summed E-state index contributed by atoms with van der Waals surface area (Å²) in [5.74, 6) is 7.17. The van der Waals surface area contributed by atoms with Crippen LogP contribution in [0.1, 0.15) is 24.0 Å². The van der Waals surface area contributed by atoms with Gasteiger partial charge in [0.05, 0.1) is 6.54 Å². The van der Waals surface area contributed by atoms with Gasteiger partial charge in [-0.25, -0.2) is 0 Å². The molecule has 1 aliphatic carbocycles. The lowest BCUT2D eigenvalue weighted by atomic mass is 10.1. The van der Waals surface area contributed by atoms with Crippen molar-refractivity contribution < 1.29 is 0 Å². The lowest BCUT2D eigenvalue weighted by molar-refractivity contribution is 0.123. The van der Waals surface area contributed by atoms with Crippen molar-refractivity contribution in [3.05, 3.63) is 35.4 Å². The molecule has 2 aliphatic rings. The Morgan fingerprint density at radius 2 is 1.76 bits per heavy atom. The summed E-state index contributed by atoms with van der Waals surface area (Å²) in [7, 11) is 0. The molecule has 0 radical (unpaired) electrons. The highest BCUT2D eigenvalue weighted by atomic mass is 15.3. The van der Waals surface area contributed by atoms with E-state index in [2.05, 4.69) is 45.9 Å². The van der Waals surface area contributed by atoms with Gasteiger partial charge in [-0.05, 0) is 30.4 Å². The van der Waals surface area contributed by atoms with Gasteiger partial charge in [0.25, 0.3) is 0 Å². The first-order valence-electron chi connectivity index (χ1n) is 8.06. The molecule has 112 valence electrons. The fourth-order valence-electron chi connectivity index (χ4n) is 2.96. The molecule has 0 aromatic heterocycles. The second-order valence-electron chi connectivity index (χ2n) is 6.18. The maximum absolute atomic E-state index is 5.48. The molecule has 2 N–H and O–H groups in total. The quantitative estimate of drug-likeness (QED) is 0.851. The third-order valence-corrected chi connectivity index (χ3v) is 4.41. The van der Waals surface area contributed by atoms with Crippen LogP contribution in [0.3, 0.4) is 0 Å². The lowest BCUT2D eigenvalue weighted by Crippen LogP contribution is -2.46. The Morgan fingerprint density at radius 3 is 2.48 bits per heavy atom. The Balaban J connectivity index is 1.55. The average Bonchev–Trinajstić information content (AvgIpc) is 3.32. The minimum atomic E-state index is 0.425. The average molecular weight is 283 g/mol. The molecule has 0 bridgehead atoms. The molecule has 0 atom stereocenters. The monoisotopic (exact) mass is 283 g/mol. The molecule has 0 spiro atoms. The van der Waals surface area contributed by atoms with Crippen molar-refractivity contribution in [2.45, 2.75) is 19.4 Å². The number of nitrogens with zero attached hydrogens (tertiary/aromatic N) is 2. The molecule has 1 aliphatic heterocycles. The van der Waals surface area contributed by atoms with Crippen LogP contribution >= 0.6 is 0 Å². The van der Waals surface area contributed by atoms with Crippen LogP contribution in [0.4, 0.5) is 0 Å². The van der Waals surface area contributed by atoms with E-state index in [1.54, 1.807) is 0 Å². The first-order valence-corrected chi connectivity index (χ1v) is 8.06. The van der Waals surface area contributed by atoms with Crippen molar-refractivity contribution in [3.8, 4) is 11.8 Å². The van der Waals surface area contributed by atoms with E-state index < -0.39 is 0 Å². The number of nitrogens with two attached hydrogens (primary N) is 1. The standard InChI is InChI=1S/C18H25N3/c19-9-3-6-17-4-1-2-5-18(17)15-21-12-10-20(11-13-21)14-16-7-8-16/h1-2,4-5,16H,7-15,19H2. The molecular weight excluding hydrogens is 258 g/mol. The van der Waals surface area contributed by atoms with Crippen LogP contribution in [-0.2, 0) is 6.54 Å². The van der Waals surface area contributed by atoms with Crippen LogP contribution in [0.5, 0.6) is 0 Å². The van der Waals surface area contributed by atoms with E-state index in [4.69, 9.17) is 5.73 Å². The van der Waals surface area contributed by atoms with Crippen LogP contribution in [-0.4, -0.2) is 49.1 Å². The fraction of sp³-hybridized carbons (Fsp3) is 0.556. The highest BCUT2D eigenvalue weighted by molar-refractivity contribution is 5.41. The maximum Gasteiger partial charge on any atom is 0.0555 e. The molecule has 2 fully saturated rings. The molecule has 1 aromatic rings. The van der Waals surface area contributed by atoms with E-state index in [0.717, 1.165) is 18.0 Å². The number of piperazine rings is 1. The predicted molar refractivity (Wildman–Crippen MR) is 86.8 cm³/mol. The second-order valence-corrected chi connectivity index (χ2v) is 6.18. The minimum absolute atomic E-state index is 0.425. The molecule has 1 saturated heterocycles. The molecule has 1 heterocycles. The Kier molecular flexibility index (Phi) is 4.92. The first kappa shape index (κ1) is 14.6. The van der Waals surface area contributed by atoms with Gasteiger partial charge in [0.1, 0.15) is 0 Å². The normalized spacial score (nSPS) is 20.0. The first-order chi connectivity index (χ1) is 10.3. The molecule has 21 heavy (non-hydrogen) atoms.